The Morgan fingerprint density at radius 3 is 3.00 bits per heavy atom. The Morgan fingerprint density at radius 2 is 2.23 bits per heavy atom. The first-order chi connectivity index (χ1) is 6.36. The summed E-state index contributed by atoms with van der Waals surface area (Å²) in [6.07, 6.45) is 8.52. The minimum atomic E-state index is 0.304. The topological polar surface area (TPSA) is 35.2 Å². The van der Waals surface area contributed by atoms with E-state index in [0.29, 0.717) is 12.0 Å². The van der Waals surface area contributed by atoms with Crippen LogP contribution < -0.4 is 5.73 Å². The van der Waals surface area contributed by atoms with Gasteiger partial charge in [-0.15, -0.1) is 0 Å². The van der Waals surface area contributed by atoms with Crippen molar-refractivity contribution in [3.05, 3.63) is 11.6 Å². The Labute approximate surface area is 80.1 Å². The molecule has 1 fully saturated rings. The summed E-state index contributed by atoms with van der Waals surface area (Å²) >= 11 is 0. The zero-order chi connectivity index (χ0) is 9.10. The van der Waals surface area contributed by atoms with Gasteiger partial charge in [-0.05, 0) is 25.7 Å². The zero-order valence-corrected chi connectivity index (χ0v) is 8.17. The van der Waals surface area contributed by atoms with Crippen LogP contribution in [0.25, 0.3) is 0 Å². The summed E-state index contributed by atoms with van der Waals surface area (Å²) < 4.78 is 5.40. The van der Waals surface area contributed by atoms with E-state index in [9.17, 15) is 0 Å². The fourth-order valence-corrected chi connectivity index (χ4v) is 2.32. The molecule has 2 aliphatic rings. The second-order valence-corrected chi connectivity index (χ2v) is 4.21. The highest BCUT2D eigenvalue weighted by molar-refractivity contribution is 5.13. The van der Waals surface area contributed by atoms with Crippen LogP contribution in [0.3, 0.4) is 0 Å². The van der Waals surface area contributed by atoms with Crippen LogP contribution in [0, 0.1) is 5.92 Å². The van der Waals surface area contributed by atoms with E-state index in [4.69, 9.17) is 10.5 Å². The van der Waals surface area contributed by atoms with Crippen molar-refractivity contribution in [1.82, 2.24) is 0 Å². The lowest BCUT2D eigenvalue weighted by Gasteiger charge is -2.12. The van der Waals surface area contributed by atoms with Gasteiger partial charge in [0.2, 0.25) is 0 Å². The Bertz CT molecular complexity index is 194. The molecule has 2 heteroatoms. The Hall–Kier alpha value is -0.340. The third kappa shape index (κ3) is 2.32. The van der Waals surface area contributed by atoms with Crippen LogP contribution in [-0.4, -0.2) is 19.3 Å². The SMILES string of the molecule is NC1C=C(C2CCOC2)CCCC1. The lowest BCUT2D eigenvalue weighted by Crippen LogP contribution is -2.17. The molecule has 2 N–H and O–H groups in total. The molecule has 0 spiro atoms. The molecule has 1 heterocycles. The number of ether oxygens (including phenoxy) is 1. The number of nitrogens with two attached hydrogens (primary N) is 1. The highest BCUT2D eigenvalue weighted by Crippen LogP contribution is 2.28. The average molecular weight is 181 g/mol. The fraction of sp³-hybridized carbons (Fsp3) is 0.818. The predicted molar refractivity (Wildman–Crippen MR) is 53.5 cm³/mol. The maximum atomic E-state index is 5.98. The summed E-state index contributed by atoms with van der Waals surface area (Å²) in [5.74, 6) is 0.684. The summed E-state index contributed by atoms with van der Waals surface area (Å²) in [6, 6.07) is 0.304. The van der Waals surface area contributed by atoms with E-state index in [-0.39, 0.29) is 0 Å². The molecule has 2 unspecified atom stereocenters. The van der Waals surface area contributed by atoms with Gasteiger partial charge in [0.05, 0.1) is 6.61 Å². The largest absolute Gasteiger partial charge is 0.381 e. The monoisotopic (exact) mass is 181 g/mol. The van der Waals surface area contributed by atoms with Gasteiger partial charge < -0.3 is 10.5 Å². The molecule has 2 nitrogen and oxygen atoms in total. The second kappa shape index (κ2) is 4.25. The van der Waals surface area contributed by atoms with Gasteiger partial charge in [0, 0.05) is 18.6 Å². The maximum Gasteiger partial charge on any atom is 0.0532 e. The fourth-order valence-electron chi connectivity index (χ4n) is 2.32. The van der Waals surface area contributed by atoms with E-state index < -0.39 is 0 Å². The molecule has 13 heavy (non-hydrogen) atoms. The predicted octanol–water partition coefficient (Wildman–Crippen LogP) is 1.85. The van der Waals surface area contributed by atoms with Gasteiger partial charge >= 0.3 is 0 Å². The lowest BCUT2D eigenvalue weighted by atomic mass is 9.94. The Balaban J connectivity index is 2.01. The molecule has 2 rings (SSSR count). The van der Waals surface area contributed by atoms with Crippen LogP contribution in [0.2, 0.25) is 0 Å². The quantitative estimate of drug-likeness (QED) is 0.627. The van der Waals surface area contributed by atoms with E-state index >= 15 is 0 Å². The van der Waals surface area contributed by atoms with Gasteiger partial charge in [-0.3, -0.25) is 0 Å². The smallest absolute Gasteiger partial charge is 0.0532 e. The highest BCUT2D eigenvalue weighted by Gasteiger charge is 2.21. The van der Waals surface area contributed by atoms with Gasteiger partial charge in [-0.2, -0.15) is 0 Å². The third-order valence-electron chi connectivity index (χ3n) is 3.14. The number of hydrogen-bond donors (Lipinski definition) is 1. The molecule has 1 saturated heterocycles. The van der Waals surface area contributed by atoms with Crippen LogP contribution in [-0.2, 0) is 4.74 Å². The van der Waals surface area contributed by atoms with Crippen molar-refractivity contribution >= 4 is 0 Å². The molecular formula is C11H19NO. The van der Waals surface area contributed by atoms with Gasteiger partial charge in [0.1, 0.15) is 0 Å². The van der Waals surface area contributed by atoms with Crippen LogP contribution >= 0.6 is 0 Å². The van der Waals surface area contributed by atoms with Crippen LogP contribution in [0.4, 0.5) is 0 Å². The molecule has 0 aromatic heterocycles. The van der Waals surface area contributed by atoms with E-state index in [1.54, 1.807) is 5.57 Å². The molecule has 2 atom stereocenters. The minimum Gasteiger partial charge on any atom is -0.381 e. The maximum absolute atomic E-state index is 5.98. The number of rotatable bonds is 1. The van der Waals surface area contributed by atoms with Crippen LogP contribution in [0.15, 0.2) is 11.6 Å². The van der Waals surface area contributed by atoms with Crippen LogP contribution in [0.5, 0.6) is 0 Å². The molecule has 0 saturated carbocycles. The van der Waals surface area contributed by atoms with E-state index in [1.165, 1.54) is 25.7 Å². The summed E-state index contributed by atoms with van der Waals surface area (Å²) in [6.45, 7) is 1.87. The molecule has 0 aromatic carbocycles. The van der Waals surface area contributed by atoms with Crippen molar-refractivity contribution in [2.45, 2.75) is 38.1 Å². The lowest BCUT2D eigenvalue weighted by molar-refractivity contribution is 0.189. The molecule has 1 aliphatic carbocycles. The Morgan fingerprint density at radius 1 is 1.31 bits per heavy atom. The normalized spacial score (nSPS) is 35.6. The van der Waals surface area contributed by atoms with Gasteiger partial charge in [-0.1, -0.05) is 18.1 Å². The molecule has 0 amide bonds. The second-order valence-electron chi connectivity index (χ2n) is 4.21. The van der Waals surface area contributed by atoms with Gasteiger partial charge in [0.15, 0.2) is 0 Å². The molecule has 0 radical (unpaired) electrons. The molecule has 1 aliphatic heterocycles. The summed E-state index contributed by atoms with van der Waals surface area (Å²) in [5.41, 5.74) is 7.55. The van der Waals surface area contributed by atoms with E-state index in [0.717, 1.165) is 19.6 Å². The van der Waals surface area contributed by atoms with Crippen molar-refractivity contribution in [2.24, 2.45) is 11.7 Å². The van der Waals surface area contributed by atoms with Gasteiger partial charge in [-0.25, -0.2) is 0 Å². The zero-order valence-electron chi connectivity index (χ0n) is 8.17. The van der Waals surface area contributed by atoms with Crippen molar-refractivity contribution in [1.29, 1.82) is 0 Å². The van der Waals surface area contributed by atoms with Crippen molar-refractivity contribution in [3.8, 4) is 0 Å². The van der Waals surface area contributed by atoms with Gasteiger partial charge in [0.25, 0.3) is 0 Å². The first-order valence-corrected chi connectivity index (χ1v) is 5.40. The Kier molecular flexibility index (Phi) is 3.01. The first kappa shape index (κ1) is 9.22. The molecule has 74 valence electrons. The van der Waals surface area contributed by atoms with Crippen molar-refractivity contribution in [2.75, 3.05) is 13.2 Å². The van der Waals surface area contributed by atoms with Crippen molar-refractivity contribution in [3.63, 3.8) is 0 Å². The molecule has 0 aromatic rings. The summed E-state index contributed by atoms with van der Waals surface area (Å²) in [4.78, 5) is 0. The average Bonchev–Trinajstić information content (AvgIpc) is 2.56. The highest BCUT2D eigenvalue weighted by atomic mass is 16.5. The third-order valence-corrected chi connectivity index (χ3v) is 3.14. The standard InChI is InChI=1S/C11H19NO/c12-11-4-2-1-3-9(7-11)10-5-6-13-8-10/h7,10-11H,1-6,8,12H2. The molecule has 0 bridgehead atoms. The molecular weight excluding hydrogens is 162 g/mol. The van der Waals surface area contributed by atoms with Crippen molar-refractivity contribution < 1.29 is 4.74 Å². The summed E-state index contributed by atoms with van der Waals surface area (Å²) in [7, 11) is 0. The minimum absolute atomic E-state index is 0.304. The summed E-state index contributed by atoms with van der Waals surface area (Å²) in [5, 5.41) is 0. The van der Waals surface area contributed by atoms with E-state index in [1.807, 2.05) is 0 Å². The first-order valence-electron chi connectivity index (χ1n) is 5.40. The number of hydrogen-bond acceptors (Lipinski definition) is 2. The van der Waals surface area contributed by atoms with Crippen LogP contribution in [0.1, 0.15) is 32.1 Å². The van der Waals surface area contributed by atoms with E-state index in [2.05, 4.69) is 6.08 Å².